The molecule has 2 fully saturated rings. The zero-order chi connectivity index (χ0) is 21.7. The van der Waals surface area contributed by atoms with E-state index in [1.165, 1.54) is 18.0 Å². The van der Waals surface area contributed by atoms with E-state index < -0.39 is 5.92 Å². The summed E-state index contributed by atoms with van der Waals surface area (Å²) in [5, 5.41) is 6.34. The van der Waals surface area contributed by atoms with Crippen LogP contribution in [0.1, 0.15) is 44.1 Å². The van der Waals surface area contributed by atoms with Crippen LogP contribution >= 0.6 is 0 Å². The van der Waals surface area contributed by atoms with Gasteiger partial charge in [-0.3, -0.25) is 0 Å². The van der Waals surface area contributed by atoms with E-state index in [0.29, 0.717) is 38.2 Å². The monoisotopic (exact) mass is 431 g/mol. The van der Waals surface area contributed by atoms with Gasteiger partial charge in [0.25, 0.3) is 0 Å². The Kier molecular flexibility index (Phi) is 6.53. The lowest BCUT2D eigenvalue weighted by Gasteiger charge is -2.28. The maximum absolute atomic E-state index is 13.3. The van der Waals surface area contributed by atoms with Crippen LogP contribution in [0.4, 0.5) is 19.3 Å². The molecule has 2 aromatic rings. The number of benzene rings is 1. The molecule has 6 nitrogen and oxygen atoms in total. The van der Waals surface area contributed by atoms with Crippen LogP contribution in [0.5, 0.6) is 5.75 Å². The van der Waals surface area contributed by atoms with Crippen LogP contribution < -0.4 is 10.1 Å². The van der Waals surface area contributed by atoms with Crippen molar-refractivity contribution in [1.29, 1.82) is 0 Å². The highest BCUT2D eigenvalue weighted by atomic mass is 19.3. The van der Waals surface area contributed by atoms with Crippen LogP contribution in [-0.4, -0.2) is 41.7 Å². The normalized spacial score (nSPS) is 19.2. The van der Waals surface area contributed by atoms with E-state index in [4.69, 9.17) is 9.26 Å². The van der Waals surface area contributed by atoms with E-state index in [0.717, 1.165) is 24.2 Å². The number of ether oxygens (including phenoxy) is 1. The molecule has 31 heavy (non-hydrogen) atoms. The highest BCUT2D eigenvalue weighted by Crippen LogP contribution is 2.36. The first-order valence-electron chi connectivity index (χ1n) is 10.7. The maximum atomic E-state index is 13.3. The van der Waals surface area contributed by atoms with Crippen molar-refractivity contribution < 1.29 is 22.8 Å². The second kappa shape index (κ2) is 9.49. The maximum Gasteiger partial charge on any atom is 0.321 e. The minimum absolute atomic E-state index is 0.0405. The van der Waals surface area contributed by atoms with Crippen LogP contribution in [0.25, 0.3) is 6.08 Å². The van der Waals surface area contributed by atoms with Crippen LogP contribution in [0.15, 0.2) is 46.8 Å². The fourth-order valence-corrected chi connectivity index (χ4v) is 4.02. The third-order valence-electron chi connectivity index (χ3n) is 5.93. The summed E-state index contributed by atoms with van der Waals surface area (Å²) >= 11 is 0. The number of aromatic nitrogens is 1. The van der Waals surface area contributed by atoms with E-state index in [-0.39, 0.29) is 24.8 Å². The van der Waals surface area contributed by atoms with Crippen molar-refractivity contribution in [2.45, 2.75) is 44.4 Å². The molecule has 1 saturated carbocycles. The fourth-order valence-electron chi connectivity index (χ4n) is 4.02. The molecule has 2 heterocycles. The molecule has 0 atom stereocenters. The van der Waals surface area contributed by atoms with Crippen molar-refractivity contribution >= 4 is 17.8 Å². The van der Waals surface area contributed by atoms with Gasteiger partial charge in [-0.2, -0.15) is 0 Å². The number of rotatable bonds is 5. The lowest BCUT2D eigenvalue weighted by atomic mass is 9.87. The quantitative estimate of drug-likeness (QED) is 0.670. The first-order chi connectivity index (χ1) is 15.0. The molecule has 0 bridgehead atoms. The van der Waals surface area contributed by atoms with Gasteiger partial charge in [0.2, 0.25) is 5.92 Å². The molecule has 1 aliphatic carbocycles. The number of nitrogens with one attached hydrogen (secondary N) is 1. The molecule has 1 N–H and O–H groups in total. The number of amides is 2. The number of urea groups is 1. The van der Waals surface area contributed by atoms with E-state index in [9.17, 15) is 13.6 Å². The van der Waals surface area contributed by atoms with E-state index in [2.05, 4.69) is 16.5 Å². The van der Waals surface area contributed by atoms with Gasteiger partial charge in [0.1, 0.15) is 17.7 Å². The molecule has 0 unspecified atom stereocenters. The Morgan fingerprint density at radius 1 is 1.29 bits per heavy atom. The topological polar surface area (TPSA) is 67.6 Å². The van der Waals surface area contributed by atoms with Gasteiger partial charge in [-0.25, -0.2) is 13.6 Å². The molecule has 2 aliphatic rings. The molecule has 2 amide bonds. The van der Waals surface area contributed by atoms with E-state index in [1.807, 2.05) is 24.3 Å². The van der Waals surface area contributed by atoms with Gasteiger partial charge in [0, 0.05) is 25.9 Å². The Balaban J connectivity index is 1.26. The summed E-state index contributed by atoms with van der Waals surface area (Å²) in [4.78, 5) is 14.1. The molecule has 0 spiro atoms. The number of nitrogens with zero attached hydrogens (tertiary/aromatic N) is 2. The number of anilines is 1. The number of piperidine rings is 1. The summed E-state index contributed by atoms with van der Waals surface area (Å²) < 4.78 is 37.2. The van der Waals surface area contributed by atoms with Crippen LogP contribution in [0.2, 0.25) is 0 Å². The van der Waals surface area contributed by atoms with Gasteiger partial charge in [0.15, 0.2) is 0 Å². The van der Waals surface area contributed by atoms with E-state index in [1.54, 1.807) is 4.90 Å². The Bertz CT molecular complexity index is 895. The summed E-state index contributed by atoms with van der Waals surface area (Å²) in [5.74, 6) is -1.55. The Labute approximate surface area is 180 Å². The molecule has 166 valence electrons. The standard InChI is InChI=1S/C23H27F2N3O3/c24-23(25)8-4-18(5-9-23)15-30-21-3-1-2-19(13-21)12-17-6-10-28(11-7-17)22(29)27-20-14-26-31-16-20/h1-3,12-14,16,18H,4-11,15H2,(H,27,29). The Morgan fingerprint density at radius 3 is 2.77 bits per heavy atom. The lowest BCUT2D eigenvalue weighted by Crippen LogP contribution is -2.39. The molecular formula is C23H27F2N3O3. The number of halogens is 2. The van der Waals surface area contributed by atoms with Crippen molar-refractivity contribution in [3.63, 3.8) is 0 Å². The Hall–Kier alpha value is -2.90. The summed E-state index contributed by atoms with van der Waals surface area (Å²) in [5.41, 5.74) is 2.87. The van der Waals surface area contributed by atoms with Crippen LogP contribution in [-0.2, 0) is 0 Å². The smallest absolute Gasteiger partial charge is 0.321 e. The number of alkyl halides is 2. The molecule has 1 saturated heterocycles. The highest BCUT2D eigenvalue weighted by Gasteiger charge is 2.35. The molecule has 8 heteroatoms. The number of carbonyl (C=O) groups excluding carboxylic acids is 1. The number of hydrogen-bond acceptors (Lipinski definition) is 4. The molecular weight excluding hydrogens is 404 g/mol. The average Bonchev–Trinajstić information content (AvgIpc) is 3.27. The molecule has 4 rings (SSSR count). The lowest BCUT2D eigenvalue weighted by molar-refractivity contribution is -0.0498. The zero-order valence-corrected chi connectivity index (χ0v) is 17.4. The first kappa shape index (κ1) is 21.3. The van der Waals surface area contributed by atoms with Crippen molar-refractivity contribution in [3.8, 4) is 5.75 Å². The van der Waals surface area contributed by atoms with Gasteiger partial charge in [-0.05, 0) is 49.3 Å². The summed E-state index contributed by atoms with van der Waals surface area (Å²) in [7, 11) is 0. The number of carbonyl (C=O) groups is 1. The molecule has 1 aliphatic heterocycles. The van der Waals surface area contributed by atoms with Crippen LogP contribution in [0.3, 0.4) is 0 Å². The van der Waals surface area contributed by atoms with Crippen LogP contribution in [0, 0.1) is 5.92 Å². The fraction of sp³-hybridized carbons (Fsp3) is 0.478. The number of likely N-dealkylation sites (tertiary alicyclic amines) is 1. The van der Waals surface area contributed by atoms with Crippen molar-refractivity contribution in [3.05, 3.63) is 47.9 Å². The summed E-state index contributed by atoms with van der Waals surface area (Å²) in [6.07, 6.45) is 7.55. The van der Waals surface area contributed by atoms with Gasteiger partial charge in [0.05, 0.1) is 12.8 Å². The minimum atomic E-state index is -2.50. The zero-order valence-electron chi connectivity index (χ0n) is 17.4. The molecule has 1 aromatic carbocycles. The van der Waals surface area contributed by atoms with Gasteiger partial charge >= 0.3 is 6.03 Å². The second-order valence-electron chi connectivity index (χ2n) is 8.32. The Morgan fingerprint density at radius 2 is 2.06 bits per heavy atom. The van der Waals surface area contributed by atoms with Crippen molar-refractivity contribution in [2.75, 3.05) is 25.0 Å². The predicted molar refractivity (Wildman–Crippen MR) is 113 cm³/mol. The SMILES string of the molecule is O=C(Nc1cnoc1)N1CCC(=Cc2cccc(OCC3CCC(F)(F)CC3)c2)CC1. The summed E-state index contributed by atoms with van der Waals surface area (Å²) in [6.45, 7) is 1.77. The first-order valence-corrected chi connectivity index (χ1v) is 10.7. The largest absolute Gasteiger partial charge is 0.493 e. The summed E-state index contributed by atoms with van der Waals surface area (Å²) in [6, 6.07) is 7.69. The third kappa shape index (κ3) is 6.06. The molecule has 1 aromatic heterocycles. The number of hydrogen-bond donors (Lipinski definition) is 1. The minimum Gasteiger partial charge on any atom is -0.493 e. The highest BCUT2D eigenvalue weighted by molar-refractivity contribution is 5.89. The van der Waals surface area contributed by atoms with Gasteiger partial charge in [-0.1, -0.05) is 28.9 Å². The molecule has 0 radical (unpaired) electrons. The third-order valence-corrected chi connectivity index (χ3v) is 5.93. The van der Waals surface area contributed by atoms with Crippen molar-refractivity contribution in [1.82, 2.24) is 10.1 Å². The van der Waals surface area contributed by atoms with E-state index >= 15 is 0 Å². The van der Waals surface area contributed by atoms with Crippen molar-refractivity contribution in [2.24, 2.45) is 5.92 Å². The second-order valence-corrected chi connectivity index (χ2v) is 8.32. The predicted octanol–water partition coefficient (Wildman–Crippen LogP) is 5.59. The average molecular weight is 431 g/mol. The van der Waals surface area contributed by atoms with Gasteiger partial charge in [-0.15, -0.1) is 0 Å². The van der Waals surface area contributed by atoms with Gasteiger partial charge < -0.3 is 19.5 Å².